The lowest BCUT2D eigenvalue weighted by atomic mass is 9.66. The van der Waals surface area contributed by atoms with Crippen molar-refractivity contribution in [3.05, 3.63) is 35.9 Å². The van der Waals surface area contributed by atoms with Crippen LogP contribution in [0.1, 0.15) is 38.2 Å². The maximum Gasteiger partial charge on any atom is 0.374 e. The second kappa shape index (κ2) is 5.55. The van der Waals surface area contributed by atoms with Gasteiger partial charge in [0.25, 0.3) is 0 Å². The van der Waals surface area contributed by atoms with Gasteiger partial charge in [-0.3, -0.25) is 4.79 Å². The highest BCUT2D eigenvalue weighted by Gasteiger charge is 2.38. The van der Waals surface area contributed by atoms with E-state index in [1.165, 1.54) is 12.7 Å². The van der Waals surface area contributed by atoms with Gasteiger partial charge in [0.1, 0.15) is 0 Å². The molecule has 102 valence electrons. The van der Waals surface area contributed by atoms with Gasteiger partial charge in [0.05, 0.1) is 7.11 Å². The smallest absolute Gasteiger partial charge is 0.374 e. The first-order valence-electron chi connectivity index (χ1n) is 6.74. The molecule has 0 aliphatic heterocycles. The second-order valence-electron chi connectivity index (χ2n) is 5.58. The number of Topliss-reactive ketones (excluding diaryl/α,β-unsaturated/α-hetero) is 1. The van der Waals surface area contributed by atoms with Crippen LogP contribution in [-0.2, 0) is 19.7 Å². The Hall–Kier alpha value is -1.64. The number of carbonyl (C=O) groups excluding carboxylic acids is 2. The molecule has 3 heteroatoms. The molecule has 0 heterocycles. The number of hydrogen-bond acceptors (Lipinski definition) is 3. The van der Waals surface area contributed by atoms with Crippen molar-refractivity contribution < 1.29 is 14.3 Å². The molecule has 0 unspecified atom stereocenters. The molecule has 1 aromatic carbocycles. The van der Waals surface area contributed by atoms with E-state index in [1.807, 2.05) is 18.2 Å². The predicted molar refractivity (Wildman–Crippen MR) is 72.8 cm³/mol. The van der Waals surface area contributed by atoms with Gasteiger partial charge in [-0.25, -0.2) is 4.79 Å². The van der Waals surface area contributed by atoms with E-state index < -0.39 is 5.97 Å². The molecule has 0 aromatic heterocycles. The fourth-order valence-corrected chi connectivity index (χ4v) is 3.08. The fraction of sp³-hybridized carbons (Fsp3) is 0.500. The lowest BCUT2D eigenvalue weighted by molar-refractivity contribution is -0.154. The van der Waals surface area contributed by atoms with Gasteiger partial charge in [0.2, 0.25) is 5.78 Å². The van der Waals surface area contributed by atoms with Gasteiger partial charge in [0, 0.05) is 5.92 Å². The van der Waals surface area contributed by atoms with Gasteiger partial charge < -0.3 is 4.74 Å². The van der Waals surface area contributed by atoms with Crippen molar-refractivity contribution in [2.75, 3.05) is 7.11 Å². The minimum Gasteiger partial charge on any atom is -0.463 e. The van der Waals surface area contributed by atoms with Crippen LogP contribution in [0.4, 0.5) is 0 Å². The maximum absolute atomic E-state index is 12.0. The molecule has 2 atom stereocenters. The number of rotatable bonds is 3. The lowest BCUT2D eigenvalue weighted by Gasteiger charge is -2.37. The molecule has 0 N–H and O–H groups in total. The van der Waals surface area contributed by atoms with Gasteiger partial charge in [-0.05, 0) is 30.2 Å². The summed E-state index contributed by atoms with van der Waals surface area (Å²) in [6, 6.07) is 10.2. The molecule has 0 spiro atoms. The molecule has 3 nitrogen and oxygen atoms in total. The van der Waals surface area contributed by atoms with Crippen molar-refractivity contribution in [3.63, 3.8) is 0 Å². The van der Waals surface area contributed by atoms with E-state index in [-0.39, 0.29) is 17.1 Å². The summed E-state index contributed by atoms with van der Waals surface area (Å²) in [5.74, 6) is -1.28. The summed E-state index contributed by atoms with van der Waals surface area (Å²) in [5.41, 5.74) is 1.23. The van der Waals surface area contributed by atoms with Gasteiger partial charge in [-0.15, -0.1) is 0 Å². The Morgan fingerprint density at radius 2 is 1.95 bits per heavy atom. The summed E-state index contributed by atoms with van der Waals surface area (Å²) in [4.78, 5) is 23.4. The van der Waals surface area contributed by atoms with Crippen molar-refractivity contribution in [1.29, 1.82) is 0 Å². The average Bonchev–Trinajstić information content (AvgIpc) is 2.46. The first-order valence-corrected chi connectivity index (χ1v) is 6.74. The standard InChI is InChI=1S/C16H20O3/c1-16(13-8-4-3-5-9-13)10-6-7-12(11-16)14(17)15(18)19-2/h3-5,8-9,12H,6-7,10-11H2,1-2H3/t12-,16-/m1/s1. The number of esters is 1. The number of ketones is 1. The van der Waals surface area contributed by atoms with Crippen LogP contribution in [-0.4, -0.2) is 18.9 Å². The summed E-state index contributed by atoms with van der Waals surface area (Å²) in [7, 11) is 1.26. The van der Waals surface area contributed by atoms with Crippen molar-refractivity contribution in [2.45, 2.75) is 38.0 Å². The van der Waals surface area contributed by atoms with Crippen molar-refractivity contribution in [2.24, 2.45) is 5.92 Å². The van der Waals surface area contributed by atoms with Gasteiger partial charge in [0.15, 0.2) is 0 Å². The van der Waals surface area contributed by atoms with E-state index in [0.29, 0.717) is 0 Å². The predicted octanol–water partition coefficient (Wildman–Crippen LogP) is 2.88. The van der Waals surface area contributed by atoms with Gasteiger partial charge in [-0.2, -0.15) is 0 Å². The highest BCUT2D eigenvalue weighted by Crippen LogP contribution is 2.41. The molecule has 19 heavy (non-hydrogen) atoms. The van der Waals surface area contributed by atoms with E-state index in [9.17, 15) is 9.59 Å². The molecular formula is C16H20O3. The first kappa shape index (κ1) is 13.8. The average molecular weight is 260 g/mol. The van der Waals surface area contributed by atoms with Crippen LogP contribution >= 0.6 is 0 Å². The van der Waals surface area contributed by atoms with Gasteiger partial charge in [-0.1, -0.05) is 43.7 Å². The molecule has 1 aliphatic rings. The van der Waals surface area contributed by atoms with Crippen LogP contribution in [0.5, 0.6) is 0 Å². The molecule has 1 saturated carbocycles. The number of hydrogen-bond donors (Lipinski definition) is 0. The lowest BCUT2D eigenvalue weighted by Crippen LogP contribution is -2.36. The third-order valence-corrected chi connectivity index (χ3v) is 4.21. The molecule has 0 bridgehead atoms. The second-order valence-corrected chi connectivity index (χ2v) is 5.58. The van der Waals surface area contributed by atoms with Crippen LogP contribution in [0.3, 0.4) is 0 Å². The van der Waals surface area contributed by atoms with Crippen LogP contribution in [0.25, 0.3) is 0 Å². The van der Waals surface area contributed by atoms with E-state index in [2.05, 4.69) is 23.8 Å². The topological polar surface area (TPSA) is 43.4 Å². The monoisotopic (exact) mass is 260 g/mol. The summed E-state index contributed by atoms with van der Waals surface area (Å²) in [6.45, 7) is 2.18. The highest BCUT2D eigenvalue weighted by molar-refractivity contribution is 6.34. The normalized spacial score (nSPS) is 26.7. The molecule has 1 aromatic rings. The van der Waals surface area contributed by atoms with E-state index in [1.54, 1.807) is 0 Å². The quantitative estimate of drug-likeness (QED) is 0.620. The third-order valence-electron chi connectivity index (χ3n) is 4.21. The summed E-state index contributed by atoms with van der Waals surface area (Å²) in [6.07, 6.45) is 3.54. The number of benzene rings is 1. The zero-order valence-electron chi connectivity index (χ0n) is 11.5. The molecule has 1 aliphatic carbocycles. The van der Waals surface area contributed by atoms with Crippen LogP contribution < -0.4 is 0 Å². The van der Waals surface area contributed by atoms with E-state index in [4.69, 9.17) is 0 Å². The van der Waals surface area contributed by atoms with E-state index in [0.717, 1.165) is 25.7 Å². The Kier molecular flexibility index (Phi) is 4.03. The first-order chi connectivity index (χ1) is 9.07. The fourth-order valence-electron chi connectivity index (χ4n) is 3.08. The van der Waals surface area contributed by atoms with Crippen LogP contribution in [0.15, 0.2) is 30.3 Å². The summed E-state index contributed by atoms with van der Waals surface area (Å²) in [5, 5.41) is 0. The summed E-state index contributed by atoms with van der Waals surface area (Å²) >= 11 is 0. The SMILES string of the molecule is COC(=O)C(=O)[C@@H]1CCC[C@@](C)(c2ccccc2)C1. The molecule has 0 saturated heterocycles. The maximum atomic E-state index is 12.0. The van der Waals surface area contributed by atoms with Crippen molar-refractivity contribution >= 4 is 11.8 Å². The molecular weight excluding hydrogens is 240 g/mol. The minimum atomic E-state index is -0.706. The zero-order chi connectivity index (χ0) is 13.9. The zero-order valence-corrected chi connectivity index (χ0v) is 11.5. The minimum absolute atomic E-state index is 0.0200. The number of carbonyl (C=O) groups is 2. The Balaban J connectivity index is 2.17. The van der Waals surface area contributed by atoms with Crippen molar-refractivity contribution in [1.82, 2.24) is 0 Å². The Bertz CT molecular complexity index is 466. The Morgan fingerprint density at radius 1 is 1.26 bits per heavy atom. The molecule has 2 rings (SSSR count). The number of ether oxygens (including phenoxy) is 1. The molecule has 1 fully saturated rings. The van der Waals surface area contributed by atoms with Gasteiger partial charge >= 0.3 is 5.97 Å². The molecule has 0 radical (unpaired) electrons. The van der Waals surface area contributed by atoms with Crippen LogP contribution in [0, 0.1) is 5.92 Å². The largest absolute Gasteiger partial charge is 0.463 e. The molecule has 0 amide bonds. The van der Waals surface area contributed by atoms with Crippen molar-refractivity contribution in [3.8, 4) is 0 Å². The summed E-state index contributed by atoms with van der Waals surface area (Å²) < 4.78 is 4.55. The highest BCUT2D eigenvalue weighted by atomic mass is 16.5. The number of methoxy groups -OCH3 is 1. The third kappa shape index (κ3) is 2.86. The Labute approximate surface area is 114 Å². The van der Waals surface area contributed by atoms with E-state index >= 15 is 0 Å². The Morgan fingerprint density at radius 3 is 2.58 bits per heavy atom. The van der Waals surface area contributed by atoms with Crippen LogP contribution in [0.2, 0.25) is 0 Å².